The van der Waals surface area contributed by atoms with Crippen molar-refractivity contribution in [1.82, 2.24) is 10.2 Å². The number of benzene rings is 1. The second-order valence-corrected chi connectivity index (χ2v) is 6.05. The highest BCUT2D eigenvalue weighted by molar-refractivity contribution is 5.78. The van der Waals surface area contributed by atoms with Gasteiger partial charge in [0, 0.05) is 24.7 Å². The van der Waals surface area contributed by atoms with Gasteiger partial charge in [-0.1, -0.05) is 13.0 Å². The number of carbonyl (C=O) groups is 1. The van der Waals surface area contributed by atoms with Crippen LogP contribution in [0.25, 0.3) is 0 Å². The van der Waals surface area contributed by atoms with E-state index in [0.29, 0.717) is 17.2 Å². The fourth-order valence-electron chi connectivity index (χ4n) is 2.99. The van der Waals surface area contributed by atoms with Crippen LogP contribution in [0.5, 0.6) is 5.75 Å². The van der Waals surface area contributed by atoms with Gasteiger partial charge in [0.2, 0.25) is 5.91 Å². The molecule has 1 aliphatic heterocycles. The van der Waals surface area contributed by atoms with E-state index in [-0.39, 0.29) is 24.3 Å². The first-order valence-corrected chi connectivity index (χ1v) is 7.86. The first-order valence-electron chi connectivity index (χ1n) is 7.86. The van der Waals surface area contributed by atoms with Crippen LogP contribution in [0.15, 0.2) is 18.2 Å². The normalized spacial score (nSPS) is 19.8. The topological polar surface area (TPSA) is 41.6 Å². The fourth-order valence-corrected chi connectivity index (χ4v) is 2.99. The van der Waals surface area contributed by atoms with Crippen molar-refractivity contribution in [2.75, 3.05) is 26.7 Å². The van der Waals surface area contributed by atoms with Gasteiger partial charge in [0.15, 0.2) is 0 Å². The van der Waals surface area contributed by atoms with E-state index in [1.165, 1.54) is 19.6 Å². The van der Waals surface area contributed by atoms with E-state index in [0.717, 1.165) is 19.5 Å². The summed E-state index contributed by atoms with van der Waals surface area (Å²) < 4.78 is 19.2. The summed E-state index contributed by atoms with van der Waals surface area (Å²) in [6.07, 6.45) is 2.24. The van der Waals surface area contributed by atoms with Crippen LogP contribution in [-0.2, 0) is 4.79 Å². The molecule has 4 nitrogen and oxygen atoms in total. The molecule has 1 aromatic rings. The van der Waals surface area contributed by atoms with E-state index < -0.39 is 0 Å². The number of amides is 1. The number of nitrogens with one attached hydrogen (secondary N) is 1. The van der Waals surface area contributed by atoms with Crippen molar-refractivity contribution >= 4 is 5.91 Å². The van der Waals surface area contributed by atoms with Crippen molar-refractivity contribution in [3.05, 3.63) is 29.6 Å². The van der Waals surface area contributed by atoms with Crippen LogP contribution in [-0.4, -0.2) is 37.6 Å². The Hall–Kier alpha value is -1.62. The maximum Gasteiger partial charge on any atom is 0.236 e. The van der Waals surface area contributed by atoms with Crippen molar-refractivity contribution < 1.29 is 13.9 Å². The lowest BCUT2D eigenvalue weighted by Crippen LogP contribution is -2.43. The summed E-state index contributed by atoms with van der Waals surface area (Å²) in [5, 5.41) is 3.12. The van der Waals surface area contributed by atoms with Crippen molar-refractivity contribution in [2.45, 2.75) is 32.7 Å². The molecule has 2 rings (SSSR count). The van der Waals surface area contributed by atoms with E-state index in [4.69, 9.17) is 4.74 Å². The Morgan fingerprint density at radius 1 is 1.55 bits per heavy atom. The number of halogens is 1. The summed E-state index contributed by atoms with van der Waals surface area (Å²) in [5.74, 6) is 0.813. The van der Waals surface area contributed by atoms with Gasteiger partial charge in [-0.15, -0.1) is 0 Å². The SMILES string of the molecule is COc1cccc(F)c1C(C)NCC(=O)N1CCCC(C)C1. The number of hydrogen-bond acceptors (Lipinski definition) is 3. The number of piperidine rings is 1. The van der Waals surface area contributed by atoms with E-state index >= 15 is 0 Å². The monoisotopic (exact) mass is 308 g/mol. The van der Waals surface area contributed by atoms with Crippen LogP contribution in [0.2, 0.25) is 0 Å². The van der Waals surface area contributed by atoms with E-state index in [1.807, 2.05) is 11.8 Å². The molecule has 2 atom stereocenters. The van der Waals surface area contributed by atoms with Gasteiger partial charge in [-0.05, 0) is 37.8 Å². The molecule has 0 aliphatic carbocycles. The summed E-state index contributed by atoms with van der Waals surface area (Å²) in [6, 6.07) is 4.46. The van der Waals surface area contributed by atoms with Crippen LogP contribution >= 0.6 is 0 Å². The summed E-state index contributed by atoms with van der Waals surface area (Å²) in [7, 11) is 1.52. The number of likely N-dealkylation sites (tertiary alicyclic amines) is 1. The first kappa shape index (κ1) is 16.7. The summed E-state index contributed by atoms with van der Waals surface area (Å²) >= 11 is 0. The largest absolute Gasteiger partial charge is 0.496 e. The maximum atomic E-state index is 14.0. The number of hydrogen-bond donors (Lipinski definition) is 1. The third kappa shape index (κ3) is 3.97. The van der Waals surface area contributed by atoms with Gasteiger partial charge in [-0.3, -0.25) is 4.79 Å². The van der Waals surface area contributed by atoms with Gasteiger partial charge in [-0.2, -0.15) is 0 Å². The standard InChI is InChI=1S/C17H25FN2O2/c1-12-6-5-9-20(11-12)16(21)10-19-13(2)17-14(18)7-4-8-15(17)22-3/h4,7-8,12-13,19H,5-6,9-11H2,1-3H3. The van der Waals surface area contributed by atoms with Gasteiger partial charge >= 0.3 is 0 Å². The van der Waals surface area contributed by atoms with Crippen LogP contribution < -0.4 is 10.1 Å². The van der Waals surface area contributed by atoms with Crippen LogP contribution in [0.1, 0.15) is 38.3 Å². The molecular formula is C17H25FN2O2. The summed E-state index contributed by atoms with van der Waals surface area (Å²) in [4.78, 5) is 14.2. The molecule has 2 unspecified atom stereocenters. The third-order valence-corrected chi connectivity index (χ3v) is 4.24. The van der Waals surface area contributed by atoms with Crippen molar-refractivity contribution in [3.8, 4) is 5.75 Å². The predicted octanol–water partition coefficient (Wildman–Crippen LogP) is 2.74. The van der Waals surface area contributed by atoms with Crippen LogP contribution in [0.3, 0.4) is 0 Å². The predicted molar refractivity (Wildman–Crippen MR) is 84.3 cm³/mol. The molecule has 1 fully saturated rings. The second kappa shape index (κ2) is 7.58. The molecule has 122 valence electrons. The zero-order valence-electron chi connectivity index (χ0n) is 13.6. The quantitative estimate of drug-likeness (QED) is 0.909. The lowest BCUT2D eigenvalue weighted by molar-refractivity contribution is -0.132. The molecule has 1 aliphatic rings. The number of ether oxygens (including phenoxy) is 1. The van der Waals surface area contributed by atoms with Gasteiger partial charge in [-0.25, -0.2) is 4.39 Å². The molecular weight excluding hydrogens is 283 g/mol. The molecule has 1 aromatic carbocycles. The van der Waals surface area contributed by atoms with Crippen molar-refractivity contribution in [3.63, 3.8) is 0 Å². The van der Waals surface area contributed by atoms with Gasteiger partial charge in [0.1, 0.15) is 11.6 Å². The Kier molecular flexibility index (Phi) is 5.77. The molecule has 0 radical (unpaired) electrons. The Morgan fingerprint density at radius 2 is 2.32 bits per heavy atom. The minimum Gasteiger partial charge on any atom is -0.496 e. The Balaban J connectivity index is 1.95. The van der Waals surface area contributed by atoms with Crippen molar-refractivity contribution in [1.29, 1.82) is 0 Å². The Labute approximate surface area is 131 Å². The van der Waals surface area contributed by atoms with Crippen LogP contribution in [0.4, 0.5) is 4.39 Å². The maximum absolute atomic E-state index is 14.0. The summed E-state index contributed by atoms with van der Waals surface area (Å²) in [5.41, 5.74) is 0.463. The number of carbonyl (C=O) groups excluding carboxylic acids is 1. The minimum atomic E-state index is -0.321. The molecule has 22 heavy (non-hydrogen) atoms. The molecule has 1 N–H and O–H groups in total. The highest BCUT2D eigenvalue weighted by atomic mass is 19.1. The lowest BCUT2D eigenvalue weighted by atomic mass is 10.0. The molecule has 0 aromatic heterocycles. The number of methoxy groups -OCH3 is 1. The molecule has 1 amide bonds. The fraction of sp³-hybridized carbons (Fsp3) is 0.588. The molecule has 5 heteroatoms. The molecule has 0 saturated carbocycles. The van der Waals surface area contributed by atoms with Gasteiger partial charge in [0.25, 0.3) is 0 Å². The molecule has 0 spiro atoms. The van der Waals surface area contributed by atoms with Gasteiger partial charge < -0.3 is 15.0 Å². The zero-order valence-corrected chi connectivity index (χ0v) is 13.6. The Morgan fingerprint density at radius 3 is 3.00 bits per heavy atom. The molecule has 0 bridgehead atoms. The zero-order chi connectivity index (χ0) is 16.1. The first-order chi connectivity index (χ1) is 10.5. The summed E-state index contributed by atoms with van der Waals surface area (Å²) in [6.45, 7) is 5.86. The average molecular weight is 308 g/mol. The van der Waals surface area contributed by atoms with E-state index in [2.05, 4.69) is 12.2 Å². The smallest absolute Gasteiger partial charge is 0.236 e. The highest BCUT2D eigenvalue weighted by Gasteiger charge is 2.22. The number of rotatable bonds is 5. The minimum absolute atomic E-state index is 0.0775. The van der Waals surface area contributed by atoms with E-state index in [1.54, 1.807) is 12.1 Å². The molecule has 1 heterocycles. The van der Waals surface area contributed by atoms with Crippen LogP contribution in [0, 0.1) is 11.7 Å². The van der Waals surface area contributed by atoms with E-state index in [9.17, 15) is 9.18 Å². The second-order valence-electron chi connectivity index (χ2n) is 6.05. The highest BCUT2D eigenvalue weighted by Crippen LogP contribution is 2.27. The third-order valence-electron chi connectivity index (χ3n) is 4.24. The number of nitrogens with zero attached hydrogens (tertiary/aromatic N) is 1. The lowest BCUT2D eigenvalue weighted by Gasteiger charge is -2.31. The average Bonchev–Trinajstić information content (AvgIpc) is 2.51. The van der Waals surface area contributed by atoms with Crippen molar-refractivity contribution in [2.24, 2.45) is 5.92 Å². The van der Waals surface area contributed by atoms with Gasteiger partial charge in [0.05, 0.1) is 13.7 Å². The molecule has 1 saturated heterocycles. The Bertz CT molecular complexity index is 521.